The van der Waals surface area contributed by atoms with Crippen LogP contribution in [0.5, 0.6) is 0 Å². The van der Waals surface area contributed by atoms with Gasteiger partial charge < -0.3 is 5.32 Å². The van der Waals surface area contributed by atoms with E-state index in [1.807, 2.05) is 19.1 Å². The van der Waals surface area contributed by atoms with Gasteiger partial charge in [0.15, 0.2) is 0 Å². The number of carbonyl (C=O) groups excluding carboxylic acids is 1. The van der Waals surface area contributed by atoms with Gasteiger partial charge in [-0.2, -0.15) is 0 Å². The SMILES string of the molecule is Cc1cccnc1C(=O)NCCI. The van der Waals surface area contributed by atoms with Gasteiger partial charge in [-0.05, 0) is 18.6 Å². The van der Waals surface area contributed by atoms with Crippen LogP contribution in [0.3, 0.4) is 0 Å². The van der Waals surface area contributed by atoms with Crippen LogP contribution >= 0.6 is 22.6 Å². The molecule has 0 atom stereocenters. The number of nitrogens with one attached hydrogen (secondary N) is 1. The van der Waals surface area contributed by atoms with Crippen molar-refractivity contribution in [1.29, 1.82) is 0 Å². The zero-order chi connectivity index (χ0) is 9.68. The van der Waals surface area contributed by atoms with Gasteiger partial charge in [0.05, 0.1) is 0 Å². The van der Waals surface area contributed by atoms with E-state index in [-0.39, 0.29) is 5.91 Å². The van der Waals surface area contributed by atoms with Gasteiger partial charge in [-0.15, -0.1) is 0 Å². The monoisotopic (exact) mass is 290 g/mol. The second kappa shape index (κ2) is 5.16. The molecule has 0 spiro atoms. The van der Waals surface area contributed by atoms with E-state index in [9.17, 15) is 4.79 Å². The molecule has 0 saturated carbocycles. The number of rotatable bonds is 3. The molecule has 4 heteroatoms. The molecule has 1 aromatic heterocycles. The van der Waals surface area contributed by atoms with Gasteiger partial charge in [0.25, 0.3) is 5.91 Å². The van der Waals surface area contributed by atoms with E-state index in [0.717, 1.165) is 9.99 Å². The van der Waals surface area contributed by atoms with Gasteiger partial charge in [0, 0.05) is 17.2 Å². The number of hydrogen-bond donors (Lipinski definition) is 1. The molecule has 0 radical (unpaired) electrons. The van der Waals surface area contributed by atoms with Crippen molar-refractivity contribution in [2.24, 2.45) is 0 Å². The molecule has 3 nitrogen and oxygen atoms in total. The molecule has 0 aliphatic heterocycles. The van der Waals surface area contributed by atoms with E-state index < -0.39 is 0 Å². The van der Waals surface area contributed by atoms with Crippen LogP contribution in [0.15, 0.2) is 18.3 Å². The molecule has 13 heavy (non-hydrogen) atoms. The van der Waals surface area contributed by atoms with Gasteiger partial charge in [0.1, 0.15) is 5.69 Å². The average molecular weight is 290 g/mol. The number of aromatic nitrogens is 1. The molecule has 0 aliphatic rings. The number of amides is 1. The van der Waals surface area contributed by atoms with E-state index >= 15 is 0 Å². The Kier molecular flexibility index (Phi) is 4.14. The molecule has 1 N–H and O–H groups in total. The lowest BCUT2D eigenvalue weighted by molar-refractivity contribution is 0.0951. The molecule has 1 aromatic rings. The number of halogens is 1. The molecule has 0 fully saturated rings. The molecule has 1 amide bonds. The van der Waals surface area contributed by atoms with Crippen molar-refractivity contribution in [3.05, 3.63) is 29.6 Å². The Morgan fingerprint density at radius 1 is 1.69 bits per heavy atom. The lowest BCUT2D eigenvalue weighted by atomic mass is 10.2. The van der Waals surface area contributed by atoms with Crippen LogP contribution in [0, 0.1) is 6.92 Å². The van der Waals surface area contributed by atoms with Gasteiger partial charge in [-0.3, -0.25) is 9.78 Å². The van der Waals surface area contributed by atoms with Crippen molar-refractivity contribution in [2.45, 2.75) is 6.92 Å². The first-order valence-electron chi connectivity index (χ1n) is 4.01. The summed E-state index contributed by atoms with van der Waals surface area (Å²) in [7, 11) is 0. The van der Waals surface area contributed by atoms with E-state index in [1.165, 1.54) is 0 Å². The second-order valence-corrected chi connectivity index (χ2v) is 3.69. The maximum absolute atomic E-state index is 11.4. The number of pyridine rings is 1. The molecule has 0 unspecified atom stereocenters. The molecule has 70 valence electrons. The van der Waals surface area contributed by atoms with Crippen LogP contribution in [-0.4, -0.2) is 21.9 Å². The van der Waals surface area contributed by atoms with E-state index in [2.05, 4.69) is 32.9 Å². The van der Waals surface area contributed by atoms with Crippen LogP contribution < -0.4 is 5.32 Å². The third-order valence-corrected chi connectivity index (χ3v) is 2.14. The minimum Gasteiger partial charge on any atom is -0.350 e. The number of aryl methyl sites for hydroxylation is 1. The maximum Gasteiger partial charge on any atom is 0.270 e. The molecular weight excluding hydrogens is 279 g/mol. The Morgan fingerprint density at radius 3 is 3.08 bits per heavy atom. The van der Waals surface area contributed by atoms with Crippen molar-refractivity contribution >= 4 is 28.5 Å². The normalized spacial score (nSPS) is 9.69. The zero-order valence-corrected chi connectivity index (χ0v) is 9.54. The number of nitrogens with zero attached hydrogens (tertiary/aromatic N) is 1. The Balaban J connectivity index is 2.71. The molecule has 1 heterocycles. The zero-order valence-electron chi connectivity index (χ0n) is 7.38. The van der Waals surface area contributed by atoms with Crippen molar-refractivity contribution in [3.63, 3.8) is 0 Å². The first-order chi connectivity index (χ1) is 6.25. The van der Waals surface area contributed by atoms with E-state index in [0.29, 0.717) is 12.2 Å². The second-order valence-electron chi connectivity index (χ2n) is 2.61. The summed E-state index contributed by atoms with van der Waals surface area (Å²) in [6.45, 7) is 2.57. The lowest BCUT2D eigenvalue weighted by Crippen LogP contribution is -2.26. The van der Waals surface area contributed by atoms with Crippen LogP contribution in [-0.2, 0) is 0 Å². The van der Waals surface area contributed by atoms with Gasteiger partial charge in [-0.25, -0.2) is 0 Å². The average Bonchev–Trinajstić information content (AvgIpc) is 2.15. The predicted molar refractivity (Wildman–Crippen MR) is 60.2 cm³/mol. The Bertz CT molecular complexity index is 301. The molecule has 0 aliphatic carbocycles. The summed E-state index contributed by atoms with van der Waals surface area (Å²) in [6, 6.07) is 3.70. The van der Waals surface area contributed by atoms with E-state index in [1.54, 1.807) is 6.20 Å². The molecule has 0 saturated heterocycles. The Morgan fingerprint density at radius 2 is 2.46 bits per heavy atom. The first-order valence-corrected chi connectivity index (χ1v) is 5.54. The van der Waals surface area contributed by atoms with Crippen molar-refractivity contribution in [1.82, 2.24) is 10.3 Å². The molecule has 1 rings (SSSR count). The fourth-order valence-corrected chi connectivity index (χ4v) is 1.24. The quantitative estimate of drug-likeness (QED) is 0.678. The summed E-state index contributed by atoms with van der Waals surface area (Å²) >= 11 is 2.21. The topological polar surface area (TPSA) is 42.0 Å². The fraction of sp³-hybridized carbons (Fsp3) is 0.333. The van der Waals surface area contributed by atoms with Crippen LogP contribution in [0.25, 0.3) is 0 Å². The lowest BCUT2D eigenvalue weighted by Gasteiger charge is -2.03. The van der Waals surface area contributed by atoms with Gasteiger partial charge in [0.2, 0.25) is 0 Å². The summed E-state index contributed by atoms with van der Waals surface area (Å²) in [6.07, 6.45) is 1.63. The maximum atomic E-state index is 11.4. The Labute approximate surface area is 91.1 Å². The van der Waals surface area contributed by atoms with Crippen molar-refractivity contribution in [3.8, 4) is 0 Å². The summed E-state index contributed by atoms with van der Waals surface area (Å²) in [5.41, 5.74) is 1.43. The first kappa shape index (κ1) is 10.4. The van der Waals surface area contributed by atoms with Crippen LogP contribution in [0.1, 0.15) is 16.1 Å². The summed E-state index contributed by atoms with van der Waals surface area (Å²) in [4.78, 5) is 15.5. The van der Waals surface area contributed by atoms with Crippen LogP contribution in [0.4, 0.5) is 0 Å². The summed E-state index contributed by atoms with van der Waals surface area (Å²) < 4.78 is 0.912. The fourth-order valence-electron chi connectivity index (χ4n) is 0.968. The molecule has 0 aromatic carbocycles. The third kappa shape index (κ3) is 2.95. The highest BCUT2D eigenvalue weighted by atomic mass is 127. The van der Waals surface area contributed by atoms with E-state index in [4.69, 9.17) is 0 Å². The summed E-state index contributed by atoms with van der Waals surface area (Å²) in [5, 5.41) is 2.78. The number of hydrogen-bond acceptors (Lipinski definition) is 2. The highest BCUT2D eigenvalue weighted by Gasteiger charge is 2.07. The van der Waals surface area contributed by atoms with Gasteiger partial charge in [-0.1, -0.05) is 28.7 Å². The smallest absolute Gasteiger partial charge is 0.270 e. The van der Waals surface area contributed by atoms with Crippen molar-refractivity contribution in [2.75, 3.05) is 11.0 Å². The largest absolute Gasteiger partial charge is 0.350 e. The summed E-state index contributed by atoms with van der Waals surface area (Å²) in [5.74, 6) is -0.0882. The predicted octanol–water partition coefficient (Wildman–Crippen LogP) is 1.55. The highest BCUT2D eigenvalue weighted by Crippen LogP contribution is 2.02. The minimum atomic E-state index is -0.0882. The molecule has 0 bridgehead atoms. The van der Waals surface area contributed by atoms with Gasteiger partial charge >= 0.3 is 0 Å². The number of alkyl halides is 1. The van der Waals surface area contributed by atoms with Crippen molar-refractivity contribution < 1.29 is 4.79 Å². The Hall–Kier alpha value is -0.650. The highest BCUT2D eigenvalue weighted by molar-refractivity contribution is 14.1. The third-order valence-electron chi connectivity index (χ3n) is 1.60. The van der Waals surface area contributed by atoms with Crippen LogP contribution in [0.2, 0.25) is 0 Å². The minimum absolute atomic E-state index is 0.0882. The number of carbonyl (C=O) groups is 1. The molecular formula is C9H11IN2O. The standard InChI is InChI=1S/C9H11IN2O/c1-7-3-2-5-11-8(7)9(13)12-6-4-10/h2-3,5H,4,6H2,1H3,(H,12,13).